The fourth-order valence-corrected chi connectivity index (χ4v) is 5.52. The molecular weight excluding hydrogens is 514 g/mol. The molecule has 3 aromatic rings. The van der Waals surface area contributed by atoms with Crippen LogP contribution in [0.2, 0.25) is 0 Å². The third-order valence-electron chi connectivity index (χ3n) is 6.57. The molecule has 0 aliphatic carbocycles. The summed E-state index contributed by atoms with van der Waals surface area (Å²) in [6.07, 6.45) is 1.75. The average Bonchev–Trinajstić information content (AvgIpc) is 2.95. The van der Waals surface area contributed by atoms with Gasteiger partial charge < -0.3 is 15.0 Å². The van der Waals surface area contributed by atoms with Crippen LogP contribution in [-0.4, -0.2) is 51.4 Å². The van der Waals surface area contributed by atoms with Crippen LogP contribution in [-0.2, 0) is 26.2 Å². The van der Waals surface area contributed by atoms with Crippen molar-refractivity contribution in [1.29, 1.82) is 0 Å². The maximum Gasteiger partial charge on any atom is 0.264 e. The molecule has 1 unspecified atom stereocenters. The minimum atomic E-state index is -4.10. The van der Waals surface area contributed by atoms with Crippen molar-refractivity contribution in [3.05, 3.63) is 90.0 Å². The van der Waals surface area contributed by atoms with Crippen LogP contribution in [0, 0.1) is 6.92 Å². The fraction of sp³-hybridized carbons (Fsp3) is 0.333. The maximum atomic E-state index is 13.9. The van der Waals surface area contributed by atoms with Gasteiger partial charge in [-0.2, -0.15) is 0 Å². The number of hydrogen-bond donors (Lipinski definition) is 1. The van der Waals surface area contributed by atoms with Gasteiger partial charge in [0.1, 0.15) is 18.3 Å². The zero-order chi connectivity index (χ0) is 28.4. The highest BCUT2D eigenvalue weighted by Gasteiger charge is 2.32. The molecule has 0 aliphatic rings. The average molecular weight is 552 g/mol. The molecular formula is C30H37N3O5S. The van der Waals surface area contributed by atoms with Gasteiger partial charge in [-0.3, -0.25) is 13.9 Å². The van der Waals surface area contributed by atoms with Crippen molar-refractivity contribution in [2.24, 2.45) is 0 Å². The van der Waals surface area contributed by atoms with Gasteiger partial charge in [0.2, 0.25) is 11.8 Å². The van der Waals surface area contributed by atoms with Gasteiger partial charge in [0.05, 0.1) is 17.7 Å². The first-order valence-electron chi connectivity index (χ1n) is 13.0. The molecule has 0 saturated carbocycles. The number of methoxy groups -OCH3 is 1. The van der Waals surface area contributed by atoms with Gasteiger partial charge >= 0.3 is 0 Å². The number of anilines is 1. The Morgan fingerprint density at radius 1 is 0.949 bits per heavy atom. The largest absolute Gasteiger partial charge is 0.497 e. The summed E-state index contributed by atoms with van der Waals surface area (Å²) in [5.41, 5.74) is 2.16. The van der Waals surface area contributed by atoms with E-state index in [1.165, 1.54) is 24.1 Å². The van der Waals surface area contributed by atoms with E-state index < -0.39 is 28.5 Å². The molecule has 0 aromatic heterocycles. The normalized spacial score (nSPS) is 11.9. The minimum Gasteiger partial charge on any atom is -0.497 e. The first-order valence-corrected chi connectivity index (χ1v) is 14.5. The van der Waals surface area contributed by atoms with E-state index in [1.54, 1.807) is 49.4 Å². The summed E-state index contributed by atoms with van der Waals surface area (Å²) in [5.74, 6) is -0.222. The predicted octanol–water partition coefficient (Wildman–Crippen LogP) is 4.53. The summed E-state index contributed by atoms with van der Waals surface area (Å²) in [7, 11) is -2.58. The van der Waals surface area contributed by atoms with Crippen molar-refractivity contribution in [3.63, 3.8) is 0 Å². The Hall–Kier alpha value is -3.85. The molecule has 0 aliphatic heterocycles. The van der Waals surface area contributed by atoms with Gasteiger partial charge in [0.25, 0.3) is 10.0 Å². The number of rotatable bonds is 13. The third-order valence-corrected chi connectivity index (χ3v) is 8.36. The lowest BCUT2D eigenvalue weighted by Gasteiger charge is -2.32. The first kappa shape index (κ1) is 29.7. The smallest absolute Gasteiger partial charge is 0.264 e. The lowest BCUT2D eigenvalue weighted by Crippen LogP contribution is -2.51. The molecule has 2 amide bonds. The van der Waals surface area contributed by atoms with Crippen molar-refractivity contribution in [3.8, 4) is 5.75 Å². The molecule has 8 nitrogen and oxygen atoms in total. The van der Waals surface area contributed by atoms with Crippen molar-refractivity contribution in [2.45, 2.75) is 51.1 Å². The number of nitrogens with one attached hydrogen (secondary N) is 1. The summed E-state index contributed by atoms with van der Waals surface area (Å²) in [4.78, 5) is 28.5. The summed E-state index contributed by atoms with van der Waals surface area (Å²) in [6.45, 7) is 5.82. The summed E-state index contributed by atoms with van der Waals surface area (Å²) in [6, 6.07) is 21.3. The zero-order valence-corrected chi connectivity index (χ0v) is 23.8. The van der Waals surface area contributed by atoms with E-state index in [9.17, 15) is 18.0 Å². The Labute approximate surface area is 231 Å². The molecule has 39 heavy (non-hydrogen) atoms. The van der Waals surface area contributed by atoms with Crippen LogP contribution in [0.25, 0.3) is 0 Å². The van der Waals surface area contributed by atoms with Crippen molar-refractivity contribution in [2.75, 3.05) is 24.5 Å². The molecule has 0 radical (unpaired) electrons. The summed E-state index contributed by atoms with van der Waals surface area (Å²) >= 11 is 0. The van der Waals surface area contributed by atoms with E-state index in [0.717, 1.165) is 28.3 Å². The van der Waals surface area contributed by atoms with Crippen LogP contribution in [0.15, 0.2) is 83.8 Å². The van der Waals surface area contributed by atoms with E-state index in [4.69, 9.17) is 4.74 Å². The molecule has 0 saturated heterocycles. The van der Waals surface area contributed by atoms with Gasteiger partial charge in [-0.1, -0.05) is 55.8 Å². The molecule has 9 heteroatoms. The number of carbonyl (C=O) groups is 2. The lowest BCUT2D eigenvalue weighted by atomic mass is 10.1. The van der Waals surface area contributed by atoms with Gasteiger partial charge in [-0.15, -0.1) is 0 Å². The Morgan fingerprint density at radius 2 is 1.59 bits per heavy atom. The number of unbranched alkanes of at least 4 members (excludes halogenated alkanes) is 1. The number of aryl methyl sites for hydroxylation is 1. The molecule has 1 atom stereocenters. The Bertz CT molecular complexity index is 1340. The maximum absolute atomic E-state index is 13.9. The predicted molar refractivity (Wildman–Crippen MR) is 153 cm³/mol. The summed E-state index contributed by atoms with van der Waals surface area (Å²) < 4.78 is 33.9. The minimum absolute atomic E-state index is 0.0597. The van der Waals surface area contributed by atoms with Gasteiger partial charge in [0, 0.05) is 13.1 Å². The molecule has 0 heterocycles. The monoisotopic (exact) mass is 551 g/mol. The molecule has 0 spiro atoms. The molecule has 0 fully saturated rings. The molecule has 3 rings (SSSR count). The number of sulfonamides is 1. The Morgan fingerprint density at radius 3 is 2.21 bits per heavy atom. The number of carbonyl (C=O) groups excluding carboxylic acids is 2. The number of amides is 2. The van der Waals surface area contributed by atoms with Crippen LogP contribution in [0.4, 0.5) is 5.69 Å². The number of nitrogens with zero attached hydrogens (tertiary/aromatic N) is 2. The van der Waals surface area contributed by atoms with E-state index >= 15 is 0 Å². The third kappa shape index (κ3) is 7.60. The molecule has 3 aromatic carbocycles. The second-order valence-corrected chi connectivity index (χ2v) is 11.2. The second kappa shape index (κ2) is 13.8. The number of hydrogen-bond acceptors (Lipinski definition) is 5. The highest BCUT2D eigenvalue weighted by molar-refractivity contribution is 7.92. The van der Waals surface area contributed by atoms with Crippen LogP contribution >= 0.6 is 0 Å². The van der Waals surface area contributed by atoms with Crippen LogP contribution in [0.5, 0.6) is 5.75 Å². The Kier molecular flexibility index (Phi) is 10.5. The van der Waals surface area contributed by atoms with Gasteiger partial charge in [-0.25, -0.2) is 8.42 Å². The molecule has 1 N–H and O–H groups in total. The SMILES string of the molecule is CCCCNC(=O)C(C)N(Cc1ccccc1C)C(=O)CN(c1ccc(OC)cc1)S(=O)(=O)c1ccccc1. The van der Waals surface area contributed by atoms with Gasteiger partial charge in [0.15, 0.2) is 0 Å². The van der Waals surface area contributed by atoms with E-state index in [0.29, 0.717) is 18.0 Å². The molecule has 208 valence electrons. The second-order valence-electron chi connectivity index (χ2n) is 9.29. The highest BCUT2D eigenvalue weighted by atomic mass is 32.2. The topological polar surface area (TPSA) is 96.0 Å². The number of benzene rings is 3. The number of ether oxygens (including phenoxy) is 1. The van der Waals surface area contributed by atoms with E-state index in [-0.39, 0.29) is 17.3 Å². The van der Waals surface area contributed by atoms with E-state index in [2.05, 4.69) is 5.32 Å². The summed E-state index contributed by atoms with van der Waals surface area (Å²) in [5, 5.41) is 2.89. The first-order chi connectivity index (χ1) is 18.7. The van der Waals surface area contributed by atoms with Crippen LogP contribution in [0.1, 0.15) is 37.8 Å². The van der Waals surface area contributed by atoms with E-state index in [1.807, 2.05) is 38.1 Å². The van der Waals surface area contributed by atoms with Crippen molar-refractivity contribution >= 4 is 27.5 Å². The van der Waals surface area contributed by atoms with Crippen LogP contribution < -0.4 is 14.4 Å². The van der Waals surface area contributed by atoms with Gasteiger partial charge in [-0.05, 0) is 67.8 Å². The lowest BCUT2D eigenvalue weighted by molar-refractivity contribution is -0.139. The Balaban J connectivity index is 2.00. The standard InChI is InChI=1S/C30H37N3O5S/c1-5-6-20-31-30(35)24(3)32(21-25-13-11-10-12-23(25)2)29(34)22-33(26-16-18-27(38-4)19-17-26)39(36,37)28-14-8-7-9-15-28/h7-19,24H,5-6,20-22H2,1-4H3,(H,31,35). The van der Waals surface area contributed by atoms with Crippen LogP contribution in [0.3, 0.4) is 0 Å². The fourth-order valence-electron chi connectivity index (χ4n) is 4.09. The highest BCUT2D eigenvalue weighted by Crippen LogP contribution is 2.26. The van der Waals surface area contributed by atoms with Crippen molar-refractivity contribution < 1.29 is 22.7 Å². The zero-order valence-electron chi connectivity index (χ0n) is 23.0. The van der Waals surface area contributed by atoms with Crippen molar-refractivity contribution in [1.82, 2.24) is 10.2 Å². The quantitative estimate of drug-likeness (QED) is 0.315. The molecule has 0 bridgehead atoms.